The van der Waals surface area contributed by atoms with Crippen molar-refractivity contribution in [1.82, 2.24) is 0 Å². The molecule has 262 valence electrons. The Balaban J connectivity index is 2.33. The largest absolute Gasteiger partial charge is 0.541 e. The van der Waals surface area contributed by atoms with Crippen LogP contribution in [0.4, 0.5) is 0 Å². The Morgan fingerprint density at radius 3 is 1.06 bits per heavy atom. The van der Waals surface area contributed by atoms with Crippen LogP contribution in [0, 0.1) is 0 Å². The second-order valence-electron chi connectivity index (χ2n) is 10.5. The Hall–Kier alpha value is -2.89. The average molecular weight is 699 g/mol. The fraction of sp³-hybridized carbons (Fsp3) is 0.444. The van der Waals surface area contributed by atoms with Gasteiger partial charge in [0.15, 0.2) is 13.6 Å². The summed E-state index contributed by atoms with van der Waals surface area (Å²) in [6, 6.07) is 20.4. The molecular formula is C36H50O10Si2. The van der Waals surface area contributed by atoms with Gasteiger partial charge in [0.05, 0.1) is 10.4 Å². The molecule has 12 heteroatoms. The number of hydrogen-bond acceptors (Lipinski definition) is 10. The number of methoxy groups -OCH3 is 2. The standard InChI is InChI=1S/C36H50O10Si2/c1-9-41-47(42-10-2,43-11-3)31-23-27-19-15-17-21-29(27)33(35(31)39-25-37-7)34-30-22-18-16-20-28(30)24-32(36(34)40-26-38-8)48(44-12-4,45-13-5)46-14-6/h15-24H,9-14,25-26H2,1-8H3. The summed E-state index contributed by atoms with van der Waals surface area (Å²) < 4.78 is 63.1. The summed E-state index contributed by atoms with van der Waals surface area (Å²) in [5.74, 6) is 1.03. The van der Waals surface area contributed by atoms with Crippen LogP contribution >= 0.6 is 0 Å². The normalized spacial score (nSPS) is 12.2. The van der Waals surface area contributed by atoms with Gasteiger partial charge in [0, 0.05) is 65.0 Å². The number of ether oxygens (including phenoxy) is 4. The molecule has 0 aromatic heterocycles. The monoisotopic (exact) mass is 698 g/mol. The van der Waals surface area contributed by atoms with Crippen molar-refractivity contribution in [3.8, 4) is 22.6 Å². The molecule has 0 aliphatic heterocycles. The third-order valence-electron chi connectivity index (χ3n) is 7.56. The molecule has 0 atom stereocenters. The third kappa shape index (κ3) is 7.78. The minimum absolute atomic E-state index is 0.0331. The molecule has 0 heterocycles. The van der Waals surface area contributed by atoms with Crippen molar-refractivity contribution in [2.24, 2.45) is 0 Å². The van der Waals surface area contributed by atoms with Gasteiger partial charge in [-0.25, -0.2) is 0 Å². The smallest absolute Gasteiger partial charge is 0.467 e. The molecule has 0 aliphatic rings. The lowest BCUT2D eigenvalue weighted by Gasteiger charge is -2.33. The molecule has 0 saturated heterocycles. The van der Waals surface area contributed by atoms with Gasteiger partial charge in [-0.05, 0) is 75.2 Å². The summed E-state index contributed by atoms with van der Waals surface area (Å²) >= 11 is 0. The lowest BCUT2D eigenvalue weighted by molar-refractivity contribution is 0.0486. The van der Waals surface area contributed by atoms with Crippen molar-refractivity contribution < 1.29 is 45.5 Å². The summed E-state index contributed by atoms with van der Waals surface area (Å²) in [7, 11) is -3.93. The molecule has 0 saturated carbocycles. The second-order valence-corrected chi connectivity index (χ2v) is 15.5. The fourth-order valence-electron chi connectivity index (χ4n) is 6.00. The fourth-order valence-corrected chi connectivity index (χ4v) is 11.3. The van der Waals surface area contributed by atoms with E-state index in [9.17, 15) is 0 Å². The molecule has 0 unspecified atom stereocenters. The molecule has 4 aromatic carbocycles. The van der Waals surface area contributed by atoms with Crippen LogP contribution in [0.3, 0.4) is 0 Å². The van der Waals surface area contributed by atoms with E-state index in [1.807, 2.05) is 65.8 Å². The van der Waals surface area contributed by atoms with Crippen molar-refractivity contribution in [3.63, 3.8) is 0 Å². The summed E-state index contributed by atoms with van der Waals surface area (Å²) in [5, 5.41) is 5.10. The van der Waals surface area contributed by atoms with Gasteiger partial charge in [0.1, 0.15) is 11.5 Å². The van der Waals surface area contributed by atoms with Crippen molar-refractivity contribution in [2.45, 2.75) is 41.5 Å². The van der Waals surface area contributed by atoms with Gasteiger partial charge in [-0.2, -0.15) is 0 Å². The van der Waals surface area contributed by atoms with Gasteiger partial charge < -0.3 is 45.5 Å². The number of benzene rings is 4. The Morgan fingerprint density at radius 1 is 0.458 bits per heavy atom. The molecule has 0 amide bonds. The van der Waals surface area contributed by atoms with Crippen LogP contribution in [-0.2, 0) is 36.0 Å². The quantitative estimate of drug-likeness (QED) is 0.0747. The first-order valence-corrected chi connectivity index (χ1v) is 20.1. The topological polar surface area (TPSA) is 92.3 Å². The predicted octanol–water partition coefficient (Wildman–Crippen LogP) is 6.14. The zero-order valence-electron chi connectivity index (χ0n) is 29.5. The first kappa shape index (κ1) is 37.9. The van der Waals surface area contributed by atoms with Crippen LogP contribution in [0.15, 0.2) is 60.7 Å². The highest BCUT2D eigenvalue weighted by Crippen LogP contribution is 2.46. The highest BCUT2D eigenvalue weighted by molar-refractivity contribution is 6.77. The Bertz CT molecular complexity index is 1460. The molecule has 48 heavy (non-hydrogen) atoms. The maximum Gasteiger partial charge on any atom is 0.541 e. The van der Waals surface area contributed by atoms with Crippen LogP contribution in [0.1, 0.15) is 41.5 Å². The molecule has 0 bridgehead atoms. The van der Waals surface area contributed by atoms with E-state index in [0.717, 1.165) is 32.7 Å². The second kappa shape index (κ2) is 18.2. The molecule has 10 nitrogen and oxygen atoms in total. The first-order valence-electron chi connectivity index (χ1n) is 16.6. The van der Waals surface area contributed by atoms with E-state index < -0.39 is 17.6 Å². The minimum atomic E-state index is -3.56. The molecular weight excluding hydrogens is 649 g/mol. The Kier molecular flexibility index (Phi) is 14.4. The average Bonchev–Trinajstić information content (AvgIpc) is 3.09. The van der Waals surface area contributed by atoms with E-state index in [1.165, 1.54) is 0 Å². The third-order valence-corrected chi connectivity index (χ3v) is 13.6. The van der Waals surface area contributed by atoms with Crippen LogP contribution in [-0.4, -0.2) is 85.1 Å². The van der Waals surface area contributed by atoms with E-state index in [-0.39, 0.29) is 13.6 Å². The maximum absolute atomic E-state index is 6.60. The van der Waals surface area contributed by atoms with E-state index in [4.69, 9.17) is 45.5 Å². The lowest BCUT2D eigenvalue weighted by Crippen LogP contribution is -2.57. The molecule has 0 aliphatic carbocycles. The lowest BCUT2D eigenvalue weighted by atomic mass is 9.92. The zero-order valence-corrected chi connectivity index (χ0v) is 31.5. The number of hydrogen-bond donors (Lipinski definition) is 0. The Labute approximate surface area is 286 Å². The molecule has 4 aromatic rings. The highest BCUT2D eigenvalue weighted by Gasteiger charge is 2.49. The highest BCUT2D eigenvalue weighted by atomic mass is 28.4. The van der Waals surface area contributed by atoms with Gasteiger partial charge in [0.25, 0.3) is 0 Å². The number of fused-ring (bicyclic) bond motifs is 2. The van der Waals surface area contributed by atoms with Gasteiger partial charge >= 0.3 is 17.6 Å². The van der Waals surface area contributed by atoms with Crippen molar-refractivity contribution in [2.75, 3.05) is 67.4 Å². The van der Waals surface area contributed by atoms with E-state index in [0.29, 0.717) is 61.5 Å². The molecule has 0 fully saturated rings. The van der Waals surface area contributed by atoms with E-state index >= 15 is 0 Å². The van der Waals surface area contributed by atoms with Crippen LogP contribution in [0.5, 0.6) is 11.5 Å². The summed E-state index contributed by atoms with van der Waals surface area (Å²) in [5.41, 5.74) is 1.51. The number of rotatable bonds is 21. The van der Waals surface area contributed by atoms with E-state index in [2.05, 4.69) is 36.4 Å². The SMILES string of the molecule is CCO[Si](OCC)(OCC)c1cc2ccccc2c(-c2c(OCOC)c([Si](OCC)(OCC)OCC)cc3ccccc23)c1OCOC. The van der Waals surface area contributed by atoms with Gasteiger partial charge in [-0.3, -0.25) is 0 Å². The molecule has 0 N–H and O–H groups in total. The molecule has 0 radical (unpaired) electrons. The Morgan fingerprint density at radius 2 is 0.771 bits per heavy atom. The van der Waals surface area contributed by atoms with Crippen LogP contribution in [0.2, 0.25) is 0 Å². The van der Waals surface area contributed by atoms with E-state index in [1.54, 1.807) is 14.2 Å². The van der Waals surface area contributed by atoms with Crippen LogP contribution < -0.4 is 19.8 Å². The predicted molar refractivity (Wildman–Crippen MR) is 192 cm³/mol. The summed E-state index contributed by atoms with van der Waals surface area (Å²) in [6.07, 6.45) is 0. The molecule has 0 spiro atoms. The van der Waals surface area contributed by atoms with Crippen LogP contribution in [0.25, 0.3) is 32.7 Å². The van der Waals surface area contributed by atoms with Gasteiger partial charge in [0.2, 0.25) is 0 Å². The summed E-state index contributed by atoms with van der Waals surface area (Å²) in [4.78, 5) is 0. The zero-order chi connectivity index (χ0) is 34.6. The van der Waals surface area contributed by atoms with Gasteiger partial charge in [-0.1, -0.05) is 48.5 Å². The molecule has 4 rings (SSSR count). The van der Waals surface area contributed by atoms with Crippen molar-refractivity contribution in [3.05, 3.63) is 60.7 Å². The first-order chi connectivity index (χ1) is 23.4. The van der Waals surface area contributed by atoms with Gasteiger partial charge in [-0.15, -0.1) is 0 Å². The minimum Gasteiger partial charge on any atom is -0.467 e. The van der Waals surface area contributed by atoms with Crippen molar-refractivity contribution in [1.29, 1.82) is 0 Å². The summed E-state index contributed by atoms with van der Waals surface area (Å²) in [6.45, 7) is 13.8. The maximum atomic E-state index is 6.60. The van der Waals surface area contributed by atoms with Crippen molar-refractivity contribution >= 4 is 49.5 Å².